The van der Waals surface area contributed by atoms with Gasteiger partial charge in [-0.3, -0.25) is 0 Å². The van der Waals surface area contributed by atoms with Crippen LogP contribution in [0.15, 0.2) is 219 Å². The molecule has 0 radical (unpaired) electrons. The van der Waals surface area contributed by atoms with Gasteiger partial charge in [-0.1, -0.05) is 172 Å². The van der Waals surface area contributed by atoms with Gasteiger partial charge in [0.1, 0.15) is 0 Å². The number of anilines is 3. The van der Waals surface area contributed by atoms with Crippen LogP contribution in [-0.2, 0) is 18.3 Å². The van der Waals surface area contributed by atoms with Crippen molar-refractivity contribution in [1.82, 2.24) is 4.57 Å². The lowest BCUT2D eigenvalue weighted by molar-refractivity contribution is 0.658. The van der Waals surface area contributed by atoms with E-state index in [0.717, 1.165) is 47.6 Å². The fourth-order valence-corrected chi connectivity index (χ4v) is 10.1. The van der Waals surface area contributed by atoms with Crippen LogP contribution in [-0.4, -0.2) is 4.57 Å². The largest absolute Gasteiger partial charge is 0.310 e. The summed E-state index contributed by atoms with van der Waals surface area (Å²) in [6.45, 7) is 8.92. The Hall–Kier alpha value is -7.68. The van der Waals surface area contributed by atoms with Gasteiger partial charge >= 0.3 is 0 Å². The monoisotopic (exact) mass is 822 g/mol. The average molecular weight is 823 g/mol. The first kappa shape index (κ1) is 39.2. The molecule has 0 bridgehead atoms. The summed E-state index contributed by atoms with van der Waals surface area (Å²) in [5, 5.41) is 2.41. The summed E-state index contributed by atoms with van der Waals surface area (Å²) in [4.78, 5) is 2.44. The van der Waals surface area contributed by atoms with Gasteiger partial charge in [-0.15, -0.1) is 0 Å². The molecule has 1 aliphatic carbocycles. The van der Waals surface area contributed by atoms with Crippen molar-refractivity contribution in [2.24, 2.45) is 0 Å². The van der Waals surface area contributed by atoms with Crippen LogP contribution in [0.4, 0.5) is 17.1 Å². The molecule has 10 aromatic rings. The third kappa shape index (κ3) is 7.02. The zero-order chi connectivity index (χ0) is 43.2. The number of fused-ring (bicyclic) bond motifs is 6. The molecule has 1 heterocycles. The van der Waals surface area contributed by atoms with Crippen molar-refractivity contribution in [3.05, 3.63) is 247 Å². The SMILES string of the molecule is C=Cc1ccc2c(c1)c1cc(N(c3ccc(-c4ccccc4)cc3)c3ccc4c(c3)C(C)(C)c3cc(CCCc5ccc(-c6ccccc6)cc5)ccc3-4)ccc1n2-c1ccccc1. The van der Waals surface area contributed by atoms with Crippen molar-refractivity contribution in [2.45, 2.75) is 38.5 Å². The van der Waals surface area contributed by atoms with E-state index in [2.05, 4.69) is 242 Å². The van der Waals surface area contributed by atoms with E-state index in [4.69, 9.17) is 0 Å². The summed E-state index contributed by atoms with van der Waals surface area (Å²) in [5.74, 6) is 0. The van der Waals surface area contributed by atoms with Gasteiger partial charge in [-0.2, -0.15) is 0 Å². The van der Waals surface area contributed by atoms with Crippen molar-refractivity contribution in [3.8, 4) is 39.1 Å². The maximum Gasteiger partial charge on any atom is 0.0542 e. The van der Waals surface area contributed by atoms with E-state index in [0.29, 0.717) is 0 Å². The third-order valence-corrected chi connectivity index (χ3v) is 13.5. The second-order valence-electron chi connectivity index (χ2n) is 17.8. The average Bonchev–Trinajstić information content (AvgIpc) is 3.79. The summed E-state index contributed by atoms with van der Waals surface area (Å²) < 4.78 is 2.38. The number of para-hydroxylation sites is 1. The lowest BCUT2D eigenvalue weighted by Gasteiger charge is -2.28. The van der Waals surface area contributed by atoms with Crippen molar-refractivity contribution >= 4 is 44.9 Å². The number of rotatable bonds is 11. The zero-order valence-electron chi connectivity index (χ0n) is 36.5. The van der Waals surface area contributed by atoms with Gasteiger partial charge in [-0.25, -0.2) is 0 Å². The van der Waals surface area contributed by atoms with E-state index in [9.17, 15) is 0 Å². The molecule has 0 amide bonds. The number of hydrogen-bond donors (Lipinski definition) is 0. The molecule has 11 rings (SSSR count). The quantitative estimate of drug-likeness (QED) is 0.126. The first-order valence-electron chi connectivity index (χ1n) is 22.6. The standard InChI is InChI=1S/C62H50N2/c1-4-43-26-37-60-56(39-43)57-41-52(34-38-61(57)64(60)50-21-12-7-13-22-50)63(51-31-29-49(30-32-51)47-19-10-6-11-20-47)53-33-36-55-54-35-25-45(40-58(54)62(2,3)59(55)42-53)16-14-15-44-23-27-48(28-24-44)46-17-8-5-9-18-46/h4-13,17-42H,1,14-16H2,2-3H3. The minimum atomic E-state index is -0.166. The van der Waals surface area contributed by atoms with Crippen LogP contribution in [0.5, 0.6) is 0 Å². The molecule has 2 nitrogen and oxygen atoms in total. The molecule has 0 atom stereocenters. The first-order chi connectivity index (χ1) is 31.4. The van der Waals surface area contributed by atoms with Crippen LogP contribution in [0.25, 0.3) is 66.9 Å². The molecule has 0 saturated heterocycles. The van der Waals surface area contributed by atoms with E-state index in [1.54, 1.807) is 0 Å². The molecule has 0 N–H and O–H groups in total. The summed E-state index contributed by atoms with van der Waals surface area (Å²) in [6.07, 6.45) is 5.17. The smallest absolute Gasteiger partial charge is 0.0542 e. The number of aromatic nitrogens is 1. The molecule has 0 aliphatic heterocycles. The van der Waals surface area contributed by atoms with E-state index in [-0.39, 0.29) is 5.41 Å². The minimum Gasteiger partial charge on any atom is -0.310 e. The zero-order valence-corrected chi connectivity index (χ0v) is 36.5. The van der Waals surface area contributed by atoms with Crippen molar-refractivity contribution in [1.29, 1.82) is 0 Å². The van der Waals surface area contributed by atoms with Crippen LogP contribution < -0.4 is 4.90 Å². The Kier molecular flexibility index (Phi) is 9.93. The fraction of sp³-hybridized carbons (Fsp3) is 0.0968. The van der Waals surface area contributed by atoms with Crippen molar-refractivity contribution in [3.63, 3.8) is 0 Å². The minimum absolute atomic E-state index is 0.166. The molecule has 308 valence electrons. The predicted molar refractivity (Wildman–Crippen MR) is 272 cm³/mol. The van der Waals surface area contributed by atoms with Gasteiger partial charge in [0, 0.05) is 38.9 Å². The van der Waals surface area contributed by atoms with Crippen molar-refractivity contribution < 1.29 is 0 Å². The lowest BCUT2D eigenvalue weighted by atomic mass is 9.81. The highest BCUT2D eigenvalue weighted by molar-refractivity contribution is 6.11. The summed E-state index contributed by atoms with van der Waals surface area (Å²) >= 11 is 0. The summed E-state index contributed by atoms with van der Waals surface area (Å²) in [7, 11) is 0. The number of hydrogen-bond acceptors (Lipinski definition) is 1. The van der Waals surface area contributed by atoms with E-state index >= 15 is 0 Å². The Labute approximate surface area is 377 Å². The molecule has 9 aromatic carbocycles. The van der Waals surface area contributed by atoms with Crippen LogP contribution in [0, 0.1) is 0 Å². The molecule has 64 heavy (non-hydrogen) atoms. The van der Waals surface area contributed by atoms with Crippen LogP contribution in [0.2, 0.25) is 0 Å². The van der Waals surface area contributed by atoms with Gasteiger partial charge < -0.3 is 9.47 Å². The van der Waals surface area contributed by atoms with Gasteiger partial charge in [0.05, 0.1) is 11.0 Å². The molecule has 1 aromatic heterocycles. The van der Waals surface area contributed by atoms with Gasteiger partial charge in [0.15, 0.2) is 0 Å². The Bertz CT molecular complexity index is 3300. The highest BCUT2D eigenvalue weighted by atomic mass is 15.1. The molecule has 0 saturated carbocycles. The van der Waals surface area contributed by atoms with Crippen LogP contribution in [0.3, 0.4) is 0 Å². The van der Waals surface area contributed by atoms with Gasteiger partial charge in [-0.05, 0) is 147 Å². The van der Waals surface area contributed by atoms with E-state index in [1.807, 2.05) is 6.08 Å². The normalized spacial score (nSPS) is 12.6. The molecule has 0 spiro atoms. The van der Waals surface area contributed by atoms with Crippen molar-refractivity contribution in [2.75, 3.05) is 4.90 Å². The number of aryl methyl sites for hydroxylation is 2. The highest BCUT2D eigenvalue weighted by Gasteiger charge is 2.36. The topological polar surface area (TPSA) is 8.17 Å². The molecule has 2 heteroatoms. The third-order valence-electron chi connectivity index (χ3n) is 13.5. The van der Waals surface area contributed by atoms with E-state index < -0.39 is 0 Å². The first-order valence-corrected chi connectivity index (χ1v) is 22.6. The summed E-state index contributed by atoms with van der Waals surface area (Å²) in [6, 6.07) is 78.1. The predicted octanol–water partition coefficient (Wildman–Crippen LogP) is 16.7. The van der Waals surface area contributed by atoms with E-state index in [1.165, 1.54) is 77.4 Å². The van der Waals surface area contributed by atoms with Gasteiger partial charge in [0.25, 0.3) is 0 Å². The Morgan fingerprint density at radius 2 is 0.938 bits per heavy atom. The van der Waals surface area contributed by atoms with Crippen LogP contribution in [0.1, 0.15) is 48.1 Å². The van der Waals surface area contributed by atoms with Gasteiger partial charge in [0.2, 0.25) is 0 Å². The highest BCUT2D eigenvalue weighted by Crippen LogP contribution is 2.51. The Balaban J connectivity index is 0.950. The second kappa shape index (κ2) is 16.2. The molecule has 0 fully saturated rings. The molecular weight excluding hydrogens is 773 g/mol. The molecular formula is C62H50N2. The summed E-state index contributed by atoms with van der Waals surface area (Å²) in [5.41, 5.74) is 21.0. The number of benzene rings is 9. The Morgan fingerprint density at radius 1 is 0.453 bits per heavy atom. The molecule has 0 unspecified atom stereocenters. The van der Waals surface area contributed by atoms with Crippen LogP contribution >= 0.6 is 0 Å². The number of nitrogens with zero attached hydrogens (tertiary/aromatic N) is 2. The fourth-order valence-electron chi connectivity index (χ4n) is 10.1. The second-order valence-corrected chi connectivity index (χ2v) is 17.8. The Morgan fingerprint density at radius 3 is 1.59 bits per heavy atom. The lowest BCUT2D eigenvalue weighted by Crippen LogP contribution is -2.17. The maximum absolute atomic E-state index is 4.12. The maximum atomic E-state index is 4.12. The molecule has 1 aliphatic rings.